The number of aromatic nitrogens is 1. The third-order valence-electron chi connectivity index (χ3n) is 10.8. The number of anilines is 3. The van der Waals surface area contributed by atoms with Crippen LogP contribution in [-0.2, 0) is 0 Å². The van der Waals surface area contributed by atoms with E-state index in [1.54, 1.807) is 0 Å². The molecule has 0 aliphatic rings. The number of benzene rings is 9. The second-order valence-electron chi connectivity index (χ2n) is 14.1. The van der Waals surface area contributed by atoms with Gasteiger partial charge in [0.25, 0.3) is 0 Å². The van der Waals surface area contributed by atoms with E-state index in [2.05, 4.69) is 240 Å². The Hall–Kier alpha value is -7.42. The molecule has 2 heteroatoms. The molecule has 0 atom stereocenters. The Kier molecular flexibility index (Phi) is 8.55. The zero-order valence-corrected chi connectivity index (χ0v) is 30.8. The maximum absolute atomic E-state index is 2.46. The van der Waals surface area contributed by atoms with Crippen LogP contribution in [0.5, 0.6) is 0 Å². The van der Waals surface area contributed by atoms with Crippen LogP contribution in [0.25, 0.3) is 72.0 Å². The van der Waals surface area contributed by atoms with Gasteiger partial charge in [0.2, 0.25) is 0 Å². The topological polar surface area (TPSA) is 8.17 Å². The van der Waals surface area contributed by atoms with E-state index in [9.17, 15) is 0 Å². The number of para-hydroxylation sites is 2. The van der Waals surface area contributed by atoms with Gasteiger partial charge in [0.05, 0.1) is 22.4 Å². The third kappa shape index (κ3) is 5.95. The largest absolute Gasteiger partial charge is 0.310 e. The molecule has 56 heavy (non-hydrogen) atoms. The molecule has 2 nitrogen and oxygen atoms in total. The van der Waals surface area contributed by atoms with Crippen LogP contribution in [0.2, 0.25) is 0 Å². The van der Waals surface area contributed by atoms with Crippen molar-refractivity contribution in [1.82, 2.24) is 4.57 Å². The van der Waals surface area contributed by atoms with Crippen LogP contribution >= 0.6 is 0 Å². The van der Waals surface area contributed by atoms with E-state index < -0.39 is 0 Å². The first-order valence-electron chi connectivity index (χ1n) is 19.2. The molecule has 0 aliphatic heterocycles. The molecule has 10 rings (SSSR count). The fourth-order valence-electron chi connectivity index (χ4n) is 8.24. The quantitative estimate of drug-likeness (QED) is 0.152. The fraction of sp³-hybridized carbons (Fsp3) is 0. The number of rotatable bonds is 8. The SMILES string of the molecule is c1ccc(-c2ccc(N(c3ccccc3)c3cccc4c3c3ccccc3n4-c3ccc(-c4ccccc4-c4ccccc4)cc3-c3ccccc3)cc2)cc1. The second kappa shape index (κ2) is 14.4. The summed E-state index contributed by atoms with van der Waals surface area (Å²) in [5.74, 6) is 0. The first kappa shape index (κ1) is 33.2. The summed E-state index contributed by atoms with van der Waals surface area (Å²) < 4.78 is 2.46. The lowest BCUT2D eigenvalue weighted by atomic mass is 9.92. The van der Waals surface area contributed by atoms with Crippen molar-refractivity contribution in [1.29, 1.82) is 0 Å². The van der Waals surface area contributed by atoms with E-state index in [1.165, 1.54) is 55.3 Å². The highest BCUT2D eigenvalue weighted by Crippen LogP contribution is 2.46. The average Bonchev–Trinajstić information content (AvgIpc) is 3.63. The second-order valence-corrected chi connectivity index (χ2v) is 14.1. The zero-order chi connectivity index (χ0) is 37.3. The molecule has 264 valence electrons. The maximum atomic E-state index is 2.46. The monoisotopic (exact) mass is 714 g/mol. The first-order chi connectivity index (χ1) is 27.8. The van der Waals surface area contributed by atoms with E-state index in [-0.39, 0.29) is 0 Å². The predicted molar refractivity (Wildman–Crippen MR) is 237 cm³/mol. The summed E-state index contributed by atoms with van der Waals surface area (Å²) in [5, 5.41) is 2.41. The molecule has 0 saturated carbocycles. The summed E-state index contributed by atoms with van der Waals surface area (Å²) in [6.07, 6.45) is 0. The van der Waals surface area contributed by atoms with Gasteiger partial charge in [0, 0.05) is 27.7 Å². The smallest absolute Gasteiger partial charge is 0.0562 e. The summed E-state index contributed by atoms with van der Waals surface area (Å²) in [6, 6.07) is 83.0. The molecule has 10 aromatic rings. The van der Waals surface area contributed by atoms with E-state index >= 15 is 0 Å². The Bertz CT molecular complexity index is 2930. The number of hydrogen-bond acceptors (Lipinski definition) is 1. The molecule has 0 fully saturated rings. The molecule has 0 unspecified atom stereocenters. The van der Waals surface area contributed by atoms with Gasteiger partial charge in [-0.1, -0.05) is 176 Å². The Morgan fingerprint density at radius 2 is 0.786 bits per heavy atom. The normalized spacial score (nSPS) is 11.2. The van der Waals surface area contributed by atoms with Crippen molar-refractivity contribution in [3.8, 4) is 50.2 Å². The molecule has 1 heterocycles. The van der Waals surface area contributed by atoms with Crippen molar-refractivity contribution >= 4 is 38.9 Å². The Morgan fingerprint density at radius 3 is 1.46 bits per heavy atom. The summed E-state index contributed by atoms with van der Waals surface area (Å²) in [4.78, 5) is 2.40. The summed E-state index contributed by atoms with van der Waals surface area (Å²) in [7, 11) is 0. The molecule has 0 spiro atoms. The molecular weight excluding hydrogens is 677 g/mol. The molecule has 1 aromatic heterocycles. The maximum Gasteiger partial charge on any atom is 0.0562 e. The standard InChI is InChI=1S/C54H38N2/c1-5-18-39(19-6-1)40-32-35-45(36-33-40)55(44-24-11-4-12-25-44)52-30-17-31-53-54(52)48-28-15-16-29-50(48)56(53)51-37-34-43(38-49(51)42-22-9-3-10-23-42)47-27-14-13-26-46(47)41-20-7-2-8-21-41/h1-38H. The summed E-state index contributed by atoms with van der Waals surface area (Å²) in [6.45, 7) is 0. The van der Waals surface area contributed by atoms with Gasteiger partial charge in [-0.3, -0.25) is 0 Å². The summed E-state index contributed by atoms with van der Waals surface area (Å²) >= 11 is 0. The van der Waals surface area contributed by atoms with E-state index in [0.29, 0.717) is 0 Å². The van der Waals surface area contributed by atoms with Gasteiger partial charge in [-0.25, -0.2) is 0 Å². The molecule has 9 aromatic carbocycles. The minimum Gasteiger partial charge on any atom is -0.310 e. The minimum atomic E-state index is 1.10. The van der Waals surface area contributed by atoms with Crippen molar-refractivity contribution in [2.45, 2.75) is 0 Å². The van der Waals surface area contributed by atoms with Crippen molar-refractivity contribution in [2.24, 2.45) is 0 Å². The minimum absolute atomic E-state index is 1.10. The van der Waals surface area contributed by atoms with Crippen LogP contribution in [0.4, 0.5) is 17.1 Å². The number of hydrogen-bond donors (Lipinski definition) is 0. The van der Waals surface area contributed by atoms with Crippen LogP contribution < -0.4 is 4.90 Å². The number of nitrogens with zero attached hydrogens (tertiary/aromatic N) is 2. The zero-order valence-electron chi connectivity index (χ0n) is 30.8. The average molecular weight is 715 g/mol. The lowest BCUT2D eigenvalue weighted by Crippen LogP contribution is -2.10. The molecular formula is C54H38N2. The van der Waals surface area contributed by atoms with Gasteiger partial charge in [-0.05, 0) is 93.5 Å². The van der Waals surface area contributed by atoms with Crippen LogP contribution in [-0.4, -0.2) is 4.57 Å². The van der Waals surface area contributed by atoms with E-state index in [1.807, 2.05) is 0 Å². The van der Waals surface area contributed by atoms with E-state index in [4.69, 9.17) is 0 Å². The van der Waals surface area contributed by atoms with Crippen molar-refractivity contribution < 1.29 is 0 Å². The molecule has 0 N–H and O–H groups in total. The summed E-state index contributed by atoms with van der Waals surface area (Å²) in [5.41, 5.74) is 16.4. The fourth-order valence-corrected chi connectivity index (χ4v) is 8.24. The molecule has 0 amide bonds. The lowest BCUT2D eigenvalue weighted by Gasteiger charge is -2.26. The molecule has 0 saturated heterocycles. The van der Waals surface area contributed by atoms with Crippen LogP contribution in [0.1, 0.15) is 0 Å². The highest BCUT2D eigenvalue weighted by atomic mass is 15.1. The Balaban J connectivity index is 1.20. The van der Waals surface area contributed by atoms with E-state index in [0.717, 1.165) is 33.8 Å². The predicted octanol–water partition coefficient (Wildman–Crippen LogP) is 14.9. The first-order valence-corrected chi connectivity index (χ1v) is 19.2. The van der Waals surface area contributed by atoms with Gasteiger partial charge in [0.15, 0.2) is 0 Å². The van der Waals surface area contributed by atoms with Gasteiger partial charge < -0.3 is 9.47 Å². The van der Waals surface area contributed by atoms with Crippen LogP contribution in [0.15, 0.2) is 231 Å². The van der Waals surface area contributed by atoms with Crippen molar-refractivity contribution in [3.63, 3.8) is 0 Å². The van der Waals surface area contributed by atoms with Crippen molar-refractivity contribution in [2.75, 3.05) is 4.90 Å². The lowest BCUT2D eigenvalue weighted by molar-refractivity contribution is 1.18. The highest BCUT2D eigenvalue weighted by Gasteiger charge is 2.22. The van der Waals surface area contributed by atoms with Crippen LogP contribution in [0.3, 0.4) is 0 Å². The van der Waals surface area contributed by atoms with Crippen molar-refractivity contribution in [3.05, 3.63) is 231 Å². The van der Waals surface area contributed by atoms with Crippen LogP contribution in [0, 0.1) is 0 Å². The molecule has 0 bridgehead atoms. The van der Waals surface area contributed by atoms with Gasteiger partial charge in [-0.2, -0.15) is 0 Å². The molecule has 0 aliphatic carbocycles. The van der Waals surface area contributed by atoms with Gasteiger partial charge >= 0.3 is 0 Å². The third-order valence-corrected chi connectivity index (χ3v) is 10.8. The Morgan fingerprint density at radius 1 is 0.304 bits per heavy atom. The number of fused-ring (bicyclic) bond motifs is 3. The Labute approximate surface area is 327 Å². The highest BCUT2D eigenvalue weighted by molar-refractivity contribution is 6.17. The van der Waals surface area contributed by atoms with Gasteiger partial charge in [0.1, 0.15) is 0 Å². The van der Waals surface area contributed by atoms with Gasteiger partial charge in [-0.15, -0.1) is 0 Å². The molecule has 0 radical (unpaired) electrons.